The lowest BCUT2D eigenvalue weighted by Crippen LogP contribution is -2.05. The fourth-order valence-corrected chi connectivity index (χ4v) is 0.891. The maximum Gasteiger partial charge on any atom is 0.0940 e. The molecule has 62 valence electrons. The molecule has 0 spiro atoms. The van der Waals surface area contributed by atoms with Crippen molar-refractivity contribution >= 4 is 0 Å². The quantitative estimate of drug-likeness (QED) is 0.438. The van der Waals surface area contributed by atoms with Crippen LogP contribution in [-0.2, 0) is 4.74 Å². The van der Waals surface area contributed by atoms with Gasteiger partial charge in [0, 0.05) is 6.61 Å². The summed E-state index contributed by atoms with van der Waals surface area (Å²) in [6.45, 7) is 3.42. The summed E-state index contributed by atoms with van der Waals surface area (Å²) in [6, 6.07) is 0. The Morgan fingerprint density at radius 1 is 1.10 bits per heavy atom. The van der Waals surface area contributed by atoms with Gasteiger partial charge in [-0.25, -0.2) is 0 Å². The number of unbranched alkanes of at least 4 members (excludes halogenated alkanes) is 4. The number of ether oxygens (including phenoxy) is 1. The fraction of sp³-hybridized carbons (Fsp3) is 1.00. The van der Waals surface area contributed by atoms with E-state index in [4.69, 9.17) is 10.5 Å². The Morgan fingerprint density at radius 3 is 2.40 bits per heavy atom. The molecule has 0 amide bonds. The van der Waals surface area contributed by atoms with E-state index in [1.807, 2.05) is 0 Å². The van der Waals surface area contributed by atoms with Gasteiger partial charge in [-0.2, -0.15) is 0 Å². The predicted octanol–water partition coefficient (Wildman–Crippen LogP) is 1.89. The Morgan fingerprint density at radius 2 is 1.80 bits per heavy atom. The summed E-state index contributed by atoms with van der Waals surface area (Å²) in [4.78, 5) is 0. The van der Waals surface area contributed by atoms with Crippen molar-refractivity contribution in [2.24, 2.45) is 5.73 Å². The molecule has 0 heterocycles. The molecule has 2 heteroatoms. The Bertz CT molecular complexity index is 49.2. The Hall–Kier alpha value is -0.0800. The van der Waals surface area contributed by atoms with Crippen LogP contribution in [0, 0.1) is 0 Å². The van der Waals surface area contributed by atoms with E-state index in [-0.39, 0.29) is 0 Å². The van der Waals surface area contributed by atoms with Gasteiger partial charge in [-0.1, -0.05) is 32.6 Å². The zero-order valence-corrected chi connectivity index (χ0v) is 6.94. The van der Waals surface area contributed by atoms with Gasteiger partial charge in [-0.15, -0.1) is 0 Å². The summed E-state index contributed by atoms with van der Waals surface area (Å²) in [5.41, 5.74) is 5.15. The third-order valence-corrected chi connectivity index (χ3v) is 1.51. The number of hydrogen-bond acceptors (Lipinski definition) is 2. The first-order chi connectivity index (χ1) is 4.91. The summed E-state index contributed by atoms with van der Waals surface area (Å²) in [7, 11) is 0. The molecule has 2 nitrogen and oxygen atoms in total. The third kappa shape index (κ3) is 7.92. The molecular formula is C8H19NO. The van der Waals surface area contributed by atoms with Crippen LogP contribution in [0.2, 0.25) is 0 Å². The van der Waals surface area contributed by atoms with Crippen LogP contribution in [-0.4, -0.2) is 13.3 Å². The molecule has 0 aliphatic heterocycles. The Kier molecular flexibility index (Phi) is 8.85. The summed E-state index contributed by atoms with van der Waals surface area (Å²) < 4.78 is 4.99. The van der Waals surface area contributed by atoms with Crippen molar-refractivity contribution < 1.29 is 4.74 Å². The fourth-order valence-electron chi connectivity index (χ4n) is 0.891. The van der Waals surface area contributed by atoms with Crippen LogP contribution in [0.4, 0.5) is 0 Å². The van der Waals surface area contributed by atoms with Crippen molar-refractivity contribution in [1.82, 2.24) is 0 Å². The lowest BCUT2D eigenvalue weighted by Gasteiger charge is -1.99. The monoisotopic (exact) mass is 145 g/mol. The van der Waals surface area contributed by atoms with Gasteiger partial charge in [0.2, 0.25) is 0 Å². The van der Waals surface area contributed by atoms with E-state index in [2.05, 4.69) is 6.92 Å². The first-order valence-electron chi connectivity index (χ1n) is 4.19. The molecule has 0 saturated carbocycles. The molecule has 0 aromatic heterocycles. The van der Waals surface area contributed by atoms with Crippen molar-refractivity contribution in [3.8, 4) is 0 Å². The summed E-state index contributed by atoms with van der Waals surface area (Å²) in [5.74, 6) is 0. The second-order valence-electron chi connectivity index (χ2n) is 2.49. The third-order valence-electron chi connectivity index (χ3n) is 1.51. The van der Waals surface area contributed by atoms with Crippen molar-refractivity contribution in [2.45, 2.75) is 39.0 Å². The first kappa shape index (κ1) is 9.92. The van der Waals surface area contributed by atoms with Gasteiger partial charge in [0.15, 0.2) is 0 Å². The van der Waals surface area contributed by atoms with E-state index >= 15 is 0 Å². The highest BCUT2D eigenvalue weighted by molar-refractivity contribution is 4.40. The van der Waals surface area contributed by atoms with Gasteiger partial charge in [0.1, 0.15) is 0 Å². The molecule has 0 aromatic carbocycles. The van der Waals surface area contributed by atoms with Crippen LogP contribution in [0.5, 0.6) is 0 Å². The van der Waals surface area contributed by atoms with Gasteiger partial charge in [-0.3, -0.25) is 0 Å². The highest BCUT2D eigenvalue weighted by atomic mass is 16.5. The van der Waals surface area contributed by atoms with Crippen molar-refractivity contribution in [3.63, 3.8) is 0 Å². The molecule has 0 saturated heterocycles. The van der Waals surface area contributed by atoms with Crippen molar-refractivity contribution in [1.29, 1.82) is 0 Å². The molecule has 0 atom stereocenters. The zero-order chi connectivity index (χ0) is 7.66. The smallest absolute Gasteiger partial charge is 0.0940 e. The minimum Gasteiger partial charge on any atom is -0.367 e. The predicted molar refractivity (Wildman–Crippen MR) is 43.8 cm³/mol. The molecule has 2 N–H and O–H groups in total. The molecule has 0 radical (unpaired) electrons. The molecule has 0 aromatic rings. The summed E-state index contributed by atoms with van der Waals surface area (Å²) in [6.07, 6.45) is 6.44. The van der Waals surface area contributed by atoms with E-state index in [1.54, 1.807) is 0 Å². The minimum atomic E-state index is 0.369. The Labute approximate surface area is 63.7 Å². The van der Waals surface area contributed by atoms with E-state index in [0.29, 0.717) is 6.73 Å². The molecule has 10 heavy (non-hydrogen) atoms. The van der Waals surface area contributed by atoms with E-state index in [9.17, 15) is 0 Å². The molecule has 0 fully saturated rings. The summed E-state index contributed by atoms with van der Waals surface area (Å²) in [5, 5.41) is 0. The molecule has 0 aliphatic carbocycles. The molecular weight excluding hydrogens is 126 g/mol. The van der Waals surface area contributed by atoms with Gasteiger partial charge < -0.3 is 10.5 Å². The van der Waals surface area contributed by atoms with Crippen molar-refractivity contribution in [3.05, 3.63) is 0 Å². The maximum atomic E-state index is 5.15. The standard InChI is InChI=1S/C8H19NO/c1-2-3-4-5-6-7-10-8-9/h2-9H2,1H3. The number of rotatable bonds is 7. The van der Waals surface area contributed by atoms with Crippen LogP contribution >= 0.6 is 0 Å². The first-order valence-corrected chi connectivity index (χ1v) is 4.19. The van der Waals surface area contributed by atoms with E-state index in [0.717, 1.165) is 13.0 Å². The second-order valence-corrected chi connectivity index (χ2v) is 2.49. The average molecular weight is 145 g/mol. The van der Waals surface area contributed by atoms with E-state index in [1.165, 1.54) is 25.7 Å². The highest BCUT2D eigenvalue weighted by Gasteiger charge is 1.87. The topological polar surface area (TPSA) is 35.2 Å². The van der Waals surface area contributed by atoms with Crippen LogP contribution in [0.3, 0.4) is 0 Å². The minimum absolute atomic E-state index is 0.369. The maximum absolute atomic E-state index is 5.15. The lowest BCUT2D eigenvalue weighted by molar-refractivity contribution is 0.136. The van der Waals surface area contributed by atoms with Crippen LogP contribution in [0.15, 0.2) is 0 Å². The highest BCUT2D eigenvalue weighted by Crippen LogP contribution is 2.01. The van der Waals surface area contributed by atoms with Gasteiger partial charge in [0.05, 0.1) is 6.73 Å². The number of nitrogens with two attached hydrogens (primary N) is 1. The van der Waals surface area contributed by atoms with Crippen molar-refractivity contribution in [2.75, 3.05) is 13.3 Å². The summed E-state index contributed by atoms with van der Waals surface area (Å²) >= 11 is 0. The number of hydrogen-bond donors (Lipinski definition) is 1. The molecule has 0 bridgehead atoms. The zero-order valence-electron chi connectivity index (χ0n) is 6.94. The van der Waals surface area contributed by atoms with Gasteiger partial charge in [-0.05, 0) is 6.42 Å². The normalized spacial score (nSPS) is 10.2. The van der Waals surface area contributed by atoms with E-state index < -0.39 is 0 Å². The molecule has 0 aliphatic rings. The van der Waals surface area contributed by atoms with Crippen LogP contribution in [0.25, 0.3) is 0 Å². The largest absolute Gasteiger partial charge is 0.367 e. The van der Waals surface area contributed by atoms with Crippen LogP contribution in [0.1, 0.15) is 39.0 Å². The molecule has 0 rings (SSSR count). The Balaban J connectivity index is 2.65. The SMILES string of the molecule is CCCCCCCOCN. The average Bonchev–Trinajstić information content (AvgIpc) is 1.97. The van der Waals surface area contributed by atoms with Crippen LogP contribution < -0.4 is 5.73 Å². The lowest BCUT2D eigenvalue weighted by atomic mass is 10.2. The second kappa shape index (κ2) is 8.92. The van der Waals surface area contributed by atoms with Gasteiger partial charge in [0.25, 0.3) is 0 Å². The molecule has 0 unspecified atom stereocenters. The van der Waals surface area contributed by atoms with Gasteiger partial charge >= 0.3 is 0 Å².